The summed E-state index contributed by atoms with van der Waals surface area (Å²) in [5.74, 6) is 0.640. The first-order chi connectivity index (χ1) is 7.55. The molecule has 0 saturated heterocycles. The molecule has 0 radical (unpaired) electrons. The molecule has 1 N–H and O–H groups in total. The average Bonchev–Trinajstić information content (AvgIpc) is 2.62. The third-order valence-electron chi connectivity index (χ3n) is 2.09. The lowest BCUT2D eigenvalue weighted by atomic mass is 10.4. The molecule has 16 heavy (non-hydrogen) atoms. The van der Waals surface area contributed by atoms with Crippen LogP contribution in [0.15, 0.2) is 5.51 Å². The zero-order valence-electron chi connectivity index (χ0n) is 9.07. The number of aromatic nitrogens is 1. The van der Waals surface area contributed by atoms with Crippen LogP contribution in [0.4, 0.5) is 0 Å². The van der Waals surface area contributed by atoms with Crippen molar-refractivity contribution in [3.05, 3.63) is 16.1 Å². The summed E-state index contributed by atoms with van der Waals surface area (Å²) >= 11 is 6.95. The lowest BCUT2D eigenvalue weighted by molar-refractivity contribution is 0.578. The molecule has 0 aliphatic heterocycles. The van der Waals surface area contributed by atoms with Gasteiger partial charge in [0.1, 0.15) is 0 Å². The van der Waals surface area contributed by atoms with Crippen LogP contribution in [0, 0.1) is 6.92 Å². The number of rotatable bonds is 7. The minimum Gasteiger partial charge on any atom is -0.250 e. The van der Waals surface area contributed by atoms with Crippen molar-refractivity contribution in [2.45, 2.75) is 26.3 Å². The van der Waals surface area contributed by atoms with E-state index in [9.17, 15) is 8.42 Å². The summed E-state index contributed by atoms with van der Waals surface area (Å²) in [6.45, 7) is 2.20. The quantitative estimate of drug-likeness (QED) is 0.614. The number of hydrogen-bond acceptors (Lipinski definition) is 4. The molecule has 1 aromatic heterocycles. The summed E-state index contributed by atoms with van der Waals surface area (Å²) in [6.07, 6.45) is 1.32. The van der Waals surface area contributed by atoms with Gasteiger partial charge in [0.05, 0.1) is 17.0 Å². The first-order valence-electron chi connectivity index (χ1n) is 4.97. The molecule has 0 saturated carbocycles. The summed E-state index contributed by atoms with van der Waals surface area (Å²) in [6, 6.07) is 0. The van der Waals surface area contributed by atoms with Gasteiger partial charge in [-0.2, -0.15) is 0 Å². The van der Waals surface area contributed by atoms with Crippen LogP contribution in [-0.2, 0) is 16.6 Å². The van der Waals surface area contributed by atoms with E-state index < -0.39 is 10.0 Å². The molecule has 0 fully saturated rings. The van der Waals surface area contributed by atoms with Gasteiger partial charge < -0.3 is 0 Å². The molecule has 0 bridgehead atoms. The Hall–Kier alpha value is -0.170. The van der Waals surface area contributed by atoms with Crippen molar-refractivity contribution in [1.82, 2.24) is 9.71 Å². The summed E-state index contributed by atoms with van der Waals surface area (Å²) in [5.41, 5.74) is 2.60. The number of alkyl halides is 1. The normalized spacial score (nSPS) is 11.9. The van der Waals surface area contributed by atoms with Gasteiger partial charge in [0.2, 0.25) is 10.0 Å². The number of nitrogens with zero attached hydrogens (tertiary/aromatic N) is 1. The van der Waals surface area contributed by atoms with Gasteiger partial charge in [-0.3, -0.25) is 0 Å². The summed E-state index contributed by atoms with van der Waals surface area (Å²) in [4.78, 5) is 5.02. The molecule has 0 spiro atoms. The lowest BCUT2D eigenvalue weighted by Crippen LogP contribution is -2.25. The lowest BCUT2D eigenvalue weighted by Gasteiger charge is -2.05. The van der Waals surface area contributed by atoms with Crippen LogP contribution in [0.1, 0.15) is 23.4 Å². The maximum absolute atomic E-state index is 11.5. The summed E-state index contributed by atoms with van der Waals surface area (Å²) in [7, 11) is -3.18. The molecule has 1 rings (SSSR count). The van der Waals surface area contributed by atoms with E-state index in [0.717, 1.165) is 17.0 Å². The topological polar surface area (TPSA) is 59.1 Å². The third kappa shape index (κ3) is 4.78. The van der Waals surface area contributed by atoms with Gasteiger partial charge in [0.15, 0.2) is 0 Å². The first-order valence-corrected chi connectivity index (χ1v) is 8.04. The van der Waals surface area contributed by atoms with Crippen LogP contribution in [0.25, 0.3) is 0 Å². The maximum atomic E-state index is 11.5. The number of unbranched alkanes of at least 4 members (excludes halogenated alkanes) is 1. The van der Waals surface area contributed by atoms with Crippen molar-refractivity contribution in [3.8, 4) is 0 Å². The van der Waals surface area contributed by atoms with Crippen LogP contribution in [-0.4, -0.2) is 25.0 Å². The van der Waals surface area contributed by atoms with E-state index in [1.807, 2.05) is 6.92 Å². The van der Waals surface area contributed by atoms with Crippen molar-refractivity contribution in [1.29, 1.82) is 0 Å². The molecule has 0 aliphatic rings. The van der Waals surface area contributed by atoms with Crippen molar-refractivity contribution in [3.63, 3.8) is 0 Å². The Morgan fingerprint density at radius 1 is 1.50 bits per heavy atom. The highest BCUT2D eigenvalue weighted by atomic mass is 35.5. The number of aryl methyl sites for hydroxylation is 1. The number of thiazole rings is 1. The van der Waals surface area contributed by atoms with Crippen LogP contribution in [0.5, 0.6) is 0 Å². The van der Waals surface area contributed by atoms with Gasteiger partial charge in [-0.1, -0.05) is 0 Å². The highest BCUT2D eigenvalue weighted by Gasteiger charge is 2.10. The molecule has 0 amide bonds. The second-order valence-electron chi connectivity index (χ2n) is 3.40. The molecule has 1 aromatic rings. The fourth-order valence-electron chi connectivity index (χ4n) is 1.13. The summed E-state index contributed by atoms with van der Waals surface area (Å²) < 4.78 is 25.6. The molecule has 0 aromatic carbocycles. The van der Waals surface area contributed by atoms with E-state index >= 15 is 0 Å². The minimum absolute atomic E-state index is 0.136. The number of sulfonamides is 1. The number of halogens is 1. The molecule has 0 atom stereocenters. The Balaban J connectivity index is 2.39. The molecule has 7 heteroatoms. The molecular formula is C9H15ClN2O2S2. The fourth-order valence-corrected chi connectivity index (χ4v) is 3.22. The maximum Gasteiger partial charge on any atom is 0.211 e. The van der Waals surface area contributed by atoms with Crippen molar-refractivity contribution in [2.75, 3.05) is 11.6 Å². The first kappa shape index (κ1) is 13.9. The fraction of sp³-hybridized carbons (Fsp3) is 0.667. The van der Waals surface area contributed by atoms with Crippen molar-refractivity contribution < 1.29 is 8.42 Å². The van der Waals surface area contributed by atoms with Gasteiger partial charge >= 0.3 is 0 Å². The van der Waals surface area contributed by atoms with Gasteiger partial charge in [-0.15, -0.1) is 22.9 Å². The Bertz CT molecular complexity index is 417. The molecule has 0 unspecified atom stereocenters. The summed E-state index contributed by atoms with van der Waals surface area (Å²) in [5, 5.41) is 0. The van der Waals surface area contributed by atoms with Crippen molar-refractivity contribution in [2.24, 2.45) is 0 Å². The molecule has 0 aliphatic carbocycles. The number of hydrogen-bond donors (Lipinski definition) is 1. The Morgan fingerprint density at radius 2 is 2.25 bits per heavy atom. The van der Waals surface area contributed by atoms with E-state index in [4.69, 9.17) is 11.6 Å². The van der Waals surface area contributed by atoms with Crippen LogP contribution in [0.2, 0.25) is 0 Å². The van der Waals surface area contributed by atoms with Crippen LogP contribution < -0.4 is 4.72 Å². The van der Waals surface area contributed by atoms with E-state index in [1.165, 1.54) is 11.3 Å². The molecule has 1 heterocycles. The Labute approximate surface area is 105 Å². The highest BCUT2D eigenvalue weighted by molar-refractivity contribution is 7.89. The molecule has 92 valence electrons. The number of nitrogens with one attached hydrogen (secondary N) is 1. The average molecular weight is 283 g/mol. The SMILES string of the molecule is Cc1ncsc1CNS(=O)(=O)CCCCCl. The van der Waals surface area contributed by atoms with E-state index in [0.29, 0.717) is 18.8 Å². The second kappa shape index (κ2) is 6.54. The van der Waals surface area contributed by atoms with E-state index in [2.05, 4.69) is 9.71 Å². The molecular weight excluding hydrogens is 268 g/mol. The smallest absolute Gasteiger partial charge is 0.211 e. The second-order valence-corrected chi connectivity index (χ2v) is 6.64. The largest absolute Gasteiger partial charge is 0.250 e. The van der Waals surface area contributed by atoms with E-state index in [-0.39, 0.29) is 5.75 Å². The Morgan fingerprint density at radius 3 is 2.81 bits per heavy atom. The minimum atomic E-state index is -3.18. The van der Waals surface area contributed by atoms with Crippen molar-refractivity contribution >= 4 is 33.0 Å². The predicted octanol–water partition coefficient (Wildman–Crippen LogP) is 1.89. The predicted molar refractivity (Wildman–Crippen MR) is 67.4 cm³/mol. The van der Waals surface area contributed by atoms with Gasteiger partial charge in [-0.05, 0) is 19.8 Å². The van der Waals surface area contributed by atoms with Crippen LogP contribution in [0.3, 0.4) is 0 Å². The monoisotopic (exact) mass is 282 g/mol. The Kier molecular flexibility index (Phi) is 5.68. The van der Waals surface area contributed by atoms with Gasteiger partial charge in [-0.25, -0.2) is 18.1 Å². The third-order valence-corrected chi connectivity index (χ3v) is 4.71. The van der Waals surface area contributed by atoms with E-state index in [1.54, 1.807) is 5.51 Å². The zero-order valence-corrected chi connectivity index (χ0v) is 11.5. The van der Waals surface area contributed by atoms with Gasteiger partial charge in [0, 0.05) is 17.3 Å². The molecule has 4 nitrogen and oxygen atoms in total. The zero-order chi connectivity index (χ0) is 12.0. The standard InChI is InChI=1S/C9H15ClN2O2S2/c1-8-9(15-7-11-8)6-12-16(13,14)5-3-2-4-10/h7,12H,2-6H2,1H3. The van der Waals surface area contributed by atoms with Gasteiger partial charge in [0.25, 0.3) is 0 Å². The van der Waals surface area contributed by atoms with Crippen LogP contribution >= 0.6 is 22.9 Å². The highest BCUT2D eigenvalue weighted by Crippen LogP contribution is 2.11.